The molecule has 0 spiro atoms. The lowest BCUT2D eigenvalue weighted by Gasteiger charge is -2.28. The fraction of sp³-hybridized carbons (Fsp3) is 0.500. The average Bonchev–Trinajstić information content (AvgIpc) is 2.52. The van der Waals surface area contributed by atoms with Crippen molar-refractivity contribution in [2.45, 2.75) is 6.10 Å². The van der Waals surface area contributed by atoms with E-state index in [0.717, 1.165) is 13.1 Å². The molecule has 0 bridgehead atoms. The third kappa shape index (κ3) is 4.47. The molecule has 1 fully saturated rings. The molecule has 1 atom stereocenters. The number of nitrogens with one attached hydrogen (secondary N) is 1. The van der Waals surface area contributed by atoms with Gasteiger partial charge in [-0.3, -0.25) is 5.43 Å². The molecule has 6 nitrogen and oxygen atoms in total. The summed E-state index contributed by atoms with van der Waals surface area (Å²) in [4.78, 5) is 0. The first kappa shape index (κ1) is 14.8. The second-order valence-corrected chi connectivity index (χ2v) is 4.53. The van der Waals surface area contributed by atoms with Gasteiger partial charge in [-0.15, -0.1) is 0 Å². The molecule has 1 saturated heterocycles. The maximum absolute atomic E-state index is 9.88. The van der Waals surface area contributed by atoms with Crippen molar-refractivity contribution in [2.24, 2.45) is 0 Å². The summed E-state index contributed by atoms with van der Waals surface area (Å²) in [5, 5.41) is 20.8. The Balaban J connectivity index is 1.72. The number of morpholine rings is 1. The lowest BCUT2D eigenvalue weighted by Crippen LogP contribution is -2.48. The molecule has 1 aliphatic heterocycles. The molecule has 1 heterocycles. The first-order chi connectivity index (χ1) is 9.79. The highest BCUT2D eigenvalue weighted by Crippen LogP contribution is 2.16. The SMILES string of the molecule is N#Cc1ccccc1OCC(O)CNN1CCOCC1. The number of aliphatic hydroxyl groups excluding tert-OH is 1. The maximum atomic E-state index is 9.88. The molecular formula is C14H19N3O3. The van der Waals surface area contributed by atoms with Crippen molar-refractivity contribution in [3.8, 4) is 11.8 Å². The van der Waals surface area contributed by atoms with Gasteiger partial charge in [0, 0.05) is 19.6 Å². The minimum atomic E-state index is -0.635. The van der Waals surface area contributed by atoms with Crippen LogP contribution >= 0.6 is 0 Å². The van der Waals surface area contributed by atoms with Crippen molar-refractivity contribution in [3.63, 3.8) is 0 Å². The van der Waals surface area contributed by atoms with Crippen LogP contribution in [0.4, 0.5) is 0 Å². The van der Waals surface area contributed by atoms with E-state index in [1.54, 1.807) is 24.3 Å². The molecule has 0 radical (unpaired) electrons. The van der Waals surface area contributed by atoms with Crippen LogP contribution in [0.1, 0.15) is 5.56 Å². The topological polar surface area (TPSA) is 77.8 Å². The van der Waals surface area contributed by atoms with E-state index in [0.29, 0.717) is 31.1 Å². The largest absolute Gasteiger partial charge is 0.489 e. The molecule has 1 aromatic rings. The van der Waals surface area contributed by atoms with Crippen LogP contribution in [0, 0.1) is 11.3 Å². The highest BCUT2D eigenvalue weighted by molar-refractivity contribution is 5.42. The van der Waals surface area contributed by atoms with E-state index in [4.69, 9.17) is 14.7 Å². The third-order valence-electron chi connectivity index (χ3n) is 3.00. The third-order valence-corrected chi connectivity index (χ3v) is 3.00. The van der Waals surface area contributed by atoms with Gasteiger partial charge in [0.1, 0.15) is 24.5 Å². The fourth-order valence-electron chi connectivity index (χ4n) is 1.89. The van der Waals surface area contributed by atoms with Crippen molar-refractivity contribution in [3.05, 3.63) is 29.8 Å². The van der Waals surface area contributed by atoms with Crippen LogP contribution in [0.25, 0.3) is 0 Å². The molecule has 2 N–H and O–H groups in total. The van der Waals surface area contributed by atoms with Gasteiger partial charge in [0.05, 0.1) is 18.8 Å². The van der Waals surface area contributed by atoms with Crippen molar-refractivity contribution in [1.82, 2.24) is 10.4 Å². The molecular weight excluding hydrogens is 258 g/mol. The summed E-state index contributed by atoms with van der Waals surface area (Å²) in [7, 11) is 0. The molecule has 1 aromatic carbocycles. The Morgan fingerprint density at radius 3 is 2.90 bits per heavy atom. The Labute approximate surface area is 118 Å². The molecule has 0 saturated carbocycles. The van der Waals surface area contributed by atoms with Crippen LogP contribution < -0.4 is 10.2 Å². The van der Waals surface area contributed by atoms with Crippen LogP contribution in [0.15, 0.2) is 24.3 Å². The monoisotopic (exact) mass is 277 g/mol. The Hall–Kier alpha value is -1.65. The zero-order chi connectivity index (χ0) is 14.2. The fourth-order valence-corrected chi connectivity index (χ4v) is 1.89. The first-order valence-corrected chi connectivity index (χ1v) is 6.66. The van der Waals surface area contributed by atoms with Crippen molar-refractivity contribution in [2.75, 3.05) is 39.5 Å². The minimum absolute atomic E-state index is 0.149. The van der Waals surface area contributed by atoms with E-state index in [9.17, 15) is 5.11 Å². The molecule has 2 rings (SSSR count). The second-order valence-electron chi connectivity index (χ2n) is 4.53. The molecule has 1 aliphatic rings. The normalized spacial score (nSPS) is 17.4. The number of hydrogen-bond donors (Lipinski definition) is 2. The van der Waals surface area contributed by atoms with Gasteiger partial charge < -0.3 is 14.6 Å². The van der Waals surface area contributed by atoms with Gasteiger partial charge in [0.2, 0.25) is 0 Å². The summed E-state index contributed by atoms with van der Waals surface area (Å²) >= 11 is 0. The number of para-hydroxylation sites is 1. The number of ether oxygens (including phenoxy) is 2. The number of nitriles is 1. The van der Waals surface area contributed by atoms with Crippen LogP contribution in [0.3, 0.4) is 0 Å². The number of aliphatic hydroxyl groups is 1. The van der Waals surface area contributed by atoms with Gasteiger partial charge in [0.25, 0.3) is 0 Å². The molecule has 0 aromatic heterocycles. The molecule has 20 heavy (non-hydrogen) atoms. The van der Waals surface area contributed by atoms with Gasteiger partial charge in [-0.05, 0) is 12.1 Å². The Morgan fingerprint density at radius 2 is 2.15 bits per heavy atom. The lowest BCUT2D eigenvalue weighted by molar-refractivity contribution is -0.000801. The number of hydrazine groups is 1. The summed E-state index contributed by atoms with van der Waals surface area (Å²) in [5.74, 6) is 0.500. The smallest absolute Gasteiger partial charge is 0.137 e. The van der Waals surface area contributed by atoms with E-state index in [2.05, 4.69) is 11.5 Å². The Kier molecular flexibility index (Phi) is 5.77. The van der Waals surface area contributed by atoms with Gasteiger partial charge in [-0.1, -0.05) is 12.1 Å². The van der Waals surface area contributed by atoms with Crippen LogP contribution in [0.5, 0.6) is 5.75 Å². The van der Waals surface area contributed by atoms with E-state index in [-0.39, 0.29) is 6.61 Å². The van der Waals surface area contributed by atoms with E-state index in [1.165, 1.54) is 0 Å². The second kappa shape index (κ2) is 7.82. The zero-order valence-corrected chi connectivity index (χ0v) is 11.3. The molecule has 6 heteroatoms. The molecule has 0 amide bonds. The minimum Gasteiger partial charge on any atom is -0.489 e. The van der Waals surface area contributed by atoms with E-state index < -0.39 is 6.10 Å². The van der Waals surface area contributed by atoms with Gasteiger partial charge in [-0.2, -0.15) is 5.26 Å². The van der Waals surface area contributed by atoms with Gasteiger partial charge in [-0.25, -0.2) is 5.01 Å². The predicted molar refractivity (Wildman–Crippen MR) is 73.1 cm³/mol. The quantitative estimate of drug-likeness (QED) is 0.770. The van der Waals surface area contributed by atoms with Gasteiger partial charge in [0.15, 0.2) is 0 Å². The summed E-state index contributed by atoms with van der Waals surface area (Å²) in [6, 6.07) is 9.05. The predicted octanol–water partition coefficient (Wildman–Crippen LogP) is 0.135. The van der Waals surface area contributed by atoms with E-state index in [1.807, 2.05) is 5.01 Å². The summed E-state index contributed by atoms with van der Waals surface area (Å²) in [6.07, 6.45) is -0.635. The van der Waals surface area contributed by atoms with Gasteiger partial charge >= 0.3 is 0 Å². The lowest BCUT2D eigenvalue weighted by atomic mass is 10.2. The average molecular weight is 277 g/mol. The number of nitrogens with zero attached hydrogens (tertiary/aromatic N) is 2. The number of hydrogen-bond acceptors (Lipinski definition) is 6. The summed E-state index contributed by atoms with van der Waals surface area (Å²) < 4.78 is 10.7. The van der Waals surface area contributed by atoms with Crippen LogP contribution in [-0.4, -0.2) is 55.7 Å². The number of benzene rings is 1. The maximum Gasteiger partial charge on any atom is 0.137 e. The standard InChI is InChI=1S/C14H19N3O3/c15-9-12-3-1-2-4-14(12)20-11-13(18)10-16-17-5-7-19-8-6-17/h1-4,13,16,18H,5-8,10-11H2. The highest BCUT2D eigenvalue weighted by atomic mass is 16.5. The summed E-state index contributed by atoms with van der Waals surface area (Å²) in [6.45, 7) is 3.59. The van der Waals surface area contributed by atoms with Crippen molar-refractivity contribution < 1.29 is 14.6 Å². The molecule has 0 aliphatic carbocycles. The van der Waals surface area contributed by atoms with Crippen molar-refractivity contribution in [1.29, 1.82) is 5.26 Å². The Morgan fingerprint density at radius 1 is 1.40 bits per heavy atom. The van der Waals surface area contributed by atoms with Crippen LogP contribution in [-0.2, 0) is 4.74 Å². The van der Waals surface area contributed by atoms with E-state index >= 15 is 0 Å². The first-order valence-electron chi connectivity index (χ1n) is 6.66. The molecule has 1 unspecified atom stereocenters. The highest BCUT2D eigenvalue weighted by Gasteiger charge is 2.12. The summed E-state index contributed by atoms with van der Waals surface area (Å²) in [5.41, 5.74) is 3.62. The van der Waals surface area contributed by atoms with Crippen LogP contribution in [0.2, 0.25) is 0 Å². The number of rotatable bonds is 6. The zero-order valence-electron chi connectivity index (χ0n) is 11.3. The van der Waals surface area contributed by atoms with Crippen molar-refractivity contribution >= 4 is 0 Å². The molecule has 108 valence electrons. The Bertz CT molecular complexity index is 455.